The van der Waals surface area contributed by atoms with Gasteiger partial charge in [0, 0.05) is 11.6 Å². The Bertz CT molecular complexity index is 1740. The molecule has 0 bridgehead atoms. The predicted octanol–water partition coefficient (Wildman–Crippen LogP) is 9.49. The molecule has 2 heterocycles. The summed E-state index contributed by atoms with van der Waals surface area (Å²) >= 11 is 0. The van der Waals surface area contributed by atoms with E-state index in [9.17, 15) is 0 Å². The number of benzene rings is 4. The summed E-state index contributed by atoms with van der Waals surface area (Å²) in [6.07, 6.45) is 1.87. The molecule has 0 saturated heterocycles. The maximum atomic E-state index is 5.35. The third kappa shape index (κ3) is 5.10. The van der Waals surface area contributed by atoms with Gasteiger partial charge in [-0.15, -0.1) is 0 Å². The second-order valence-corrected chi connectivity index (χ2v) is 11.3. The number of hydrogen-bond acceptors (Lipinski definition) is 2. The number of aromatic nitrogens is 2. The molecule has 41 heavy (non-hydrogen) atoms. The van der Waals surface area contributed by atoms with Gasteiger partial charge in [-0.2, -0.15) is 0 Å². The maximum absolute atomic E-state index is 5.35. The Morgan fingerprint density at radius 2 is 0.927 bits per heavy atom. The van der Waals surface area contributed by atoms with E-state index in [1.807, 2.05) is 12.3 Å². The highest BCUT2D eigenvalue weighted by molar-refractivity contribution is 5.71. The normalized spacial score (nSPS) is 13.0. The van der Waals surface area contributed by atoms with Crippen LogP contribution in [0.1, 0.15) is 49.0 Å². The SMILES string of the molecule is CC(C)(c1ccccc1)c1cccc(C(C)(c2cccc(-c3ccc(-c4ccccc4)cc3)c2)c2ccccn2)n1. The minimum Gasteiger partial charge on any atom is -0.260 e. The molecule has 0 fully saturated rings. The summed E-state index contributed by atoms with van der Waals surface area (Å²) in [6.45, 7) is 6.73. The molecule has 2 aromatic heterocycles. The zero-order chi connectivity index (χ0) is 28.3. The van der Waals surface area contributed by atoms with Gasteiger partial charge in [0.05, 0.1) is 22.5 Å². The first kappa shape index (κ1) is 26.4. The molecule has 0 radical (unpaired) electrons. The van der Waals surface area contributed by atoms with E-state index in [1.165, 1.54) is 27.8 Å². The number of rotatable bonds is 7. The highest BCUT2D eigenvalue weighted by atomic mass is 14.8. The third-order valence-electron chi connectivity index (χ3n) is 8.34. The van der Waals surface area contributed by atoms with Crippen molar-refractivity contribution in [2.24, 2.45) is 0 Å². The second kappa shape index (κ2) is 11.0. The lowest BCUT2D eigenvalue weighted by molar-refractivity contribution is 0.586. The Kier molecular flexibility index (Phi) is 7.07. The average Bonchev–Trinajstić information content (AvgIpc) is 3.06. The van der Waals surface area contributed by atoms with Gasteiger partial charge in [-0.25, -0.2) is 0 Å². The van der Waals surface area contributed by atoms with Crippen LogP contribution in [0.3, 0.4) is 0 Å². The molecule has 0 aliphatic carbocycles. The van der Waals surface area contributed by atoms with Gasteiger partial charge in [0.1, 0.15) is 0 Å². The Morgan fingerprint density at radius 1 is 0.415 bits per heavy atom. The van der Waals surface area contributed by atoms with Crippen molar-refractivity contribution >= 4 is 0 Å². The van der Waals surface area contributed by atoms with Crippen LogP contribution in [0.15, 0.2) is 152 Å². The summed E-state index contributed by atoms with van der Waals surface area (Å²) in [4.78, 5) is 10.2. The minimum atomic E-state index is -0.552. The van der Waals surface area contributed by atoms with E-state index in [0.717, 1.165) is 22.6 Å². The van der Waals surface area contributed by atoms with E-state index >= 15 is 0 Å². The van der Waals surface area contributed by atoms with Gasteiger partial charge in [-0.05, 0) is 70.6 Å². The monoisotopic (exact) mass is 530 g/mol. The Hall–Kier alpha value is -4.82. The Labute approximate surface area is 243 Å². The van der Waals surface area contributed by atoms with Crippen LogP contribution < -0.4 is 0 Å². The molecule has 0 N–H and O–H groups in total. The largest absolute Gasteiger partial charge is 0.260 e. The lowest BCUT2D eigenvalue weighted by Gasteiger charge is -2.32. The van der Waals surface area contributed by atoms with Crippen molar-refractivity contribution in [3.8, 4) is 22.3 Å². The first-order valence-corrected chi connectivity index (χ1v) is 14.2. The fraction of sp³-hybridized carbons (Fsp3) is 0.128. The van der Waals surface area contributed by atoms with Crippen LogP contribution in [0.5, 0.6) is 0 Å². The molecule has 200 valence electrons. The van der Waals surface area contributed by atoms with Gasteiger partial charge < -0.3 is 0 Å². The smallest absolute Gasteiger partial charge is 0.0768 e. The highest BCUT2D eigenvalue weighted by Gasteiger charge is 2.36. The van der Waals surface area contributed by atoms with Crippen LogP contribution in [0.4, 0.5) is 0 Å². The molecule has 6 aromatic rings. The number of hydrogen-bond donors (Lipinski definition) is 0. The van der Waals surface area contributed by atoms with Gasteiger partial charge in [-0.1, -0.05) is 129 Å². The first-order chi connectivity index (χ1) is 20.0. The van der Waals surface area contributed by atoms with E-state index < -0.39 is 5.41 Å². The van der Waals surface area contributed by atoms with Crippen LogP contribution in [0, 0.1) is 0 Å². The topological polar surface area (TPSA) is 25.8 Å². The summed E-state index contributed by atoms with van der Waals surface area (Å²) < 4.78 is 0. The lowest BCUT2D eigenvalue weighted by atomic mass is 9.74. The Balaban J connectivity index is 1.44. The fourth-order valence-electron chi connectivity index (χ4n) is 5.64. The lowest BCUT2D eigenvalue weighted by Crippen LogP contribution is -2.30. The molecule has 1 unspecified atom stereocenters. The predicted molar refractivity (Wildman–Crippen MR) is 170 cm³/mol. The molecular formula is C39H34N2. The van der Waals surface area contributed by atoms with E-state index in [2.05, 4.69) is 160 Å². The third-order valence-corrected chi connectivity index (χ3v) is 8.34. The summed E-state index contributed by atoms with van der Waals surface area (Å²) in [6, 6.07) is 51.3. The second-order valence-electron chi connectivity index (χ2n) is 11.3. The zero-order valence-electron chi connectivity index (χ0n) is 23.8. The van der Waals surface area contributed by atoms with Gasteiger partial charge in [0.2, 0.25) is 0 Å². The molecule has 0 amide bonds. The van der Waals surface area contributed by atoms with E-state index in [1.54, 1.807) is 0 Å². The zero-order valence-corrected chi connectivity index (χ0v) is 23.8. The molecule has 2 heteroatoms. The highest BCUT2D eigenvalue weighted by Crippen LogP contribution is 2.40. The van der Waals surface area contributed by atoms with Crippen molar-refractivity contribution in [2.75, 3.05) is 0 Å². The van der Waals surface area contributed by atoms with Crippen LogP contribution in [0.2, 0.25) is 0 Å². The summed E-state index contributed by atoms with van der Waals surface area (Å²) in [5.74, 6) is 0. The molecular weight excluding hydrogens is 496 g/mol. The van der Waals surface area contributed by atoms with Crippen LogP contribution in [-0.2, 0) is 10.8 Å². The van der Waals surface area contributed by atoms with Crippen LogP contribution >= 0.6 is 0 Å². The molecule has 4 aromatic carbocycles. The van der Waals surface area contributed by atoms with Gasteiger partial charge in [0.25, 0.3) is 0 Å². The minimum absolute atomic E-state index is 0.245. The maximum Gasteiger partial charge on any atom is 0.0768 e. The van der Waals surface area contributed by atoms with Crippen molar-refractivity contribution in [2.45, 2.75) is 31.6 Å². The molecule has 2 nitrogen and oxygen atoms in total. The molecule has 0 saturated carbocycles. The average molecular weight is 531 g/mol. The van der Waals surface area contributed by atoms with Crippen molar-refractivity contribution in [3.63, 3.8) is 0 Å². The Morgan fingerprint density at radius 3 is 1.61 bits per heavy atom. The van der Waals surface area contributed by atoms with Crippen LogP contribution in [0.25, 0.3) is 22.3 Å². The number of pyridine rings is 2. The van der Waals surface area contributed by atoms with Crippen molar-refractivity contribution < 1.29 is 0 Å². The van der Waals surface area contributed by atoms with Gasteiger partial charge in [0.15, 0.2) is 0 Å². The van der Waals surface area contributed by atoms with Crippen LogP contribution in [-0.4, -0.2) is 9.97 Å². The van der Waals surface area contributed by atoms with Gasteiger partial charge in [-0.3, -0.25) is 9.97 Å². The van der Waals surface area contributed by atoms with E-state index in [-0.39, 0.29) is 5.41 Å². The first-order valence-electron chi connectivity index (χ1n) is 14.2. The quantitative estimate of drug-likeness (QED) is 0.205. The molecule has 0 aliphatic rings. The molecule has 1 atom stereocenters. The summed E-state index contributed by atoms with van der Waals surface area (Å²) in [5.41, 5.74) is 9.38. The van der Waals surface area contributed by atoms with E-state index in [0.29, 0.717) is 0 Å². The van der Waals surface area contributed by atoms with E-state index in [4.69, 9.17) is 9.97 Å². The molecule has 0 spiro atoms. The van der Waals surface area contributed by atoms with Crippen molar-refractivity contribution in [1.82, 2.24) is 9.97 Å². The number of nitrogens with zero attached hydrogens (tertiary/aromatic N) is 2. The fourth-order valence-corrected chi connectivity index (χ4v) is 5.64. The van der Waals surface area contributed by atoms with Gasteiger partial charge >= 0.3 is 0 Å². The van der Waals surface area contributed by atoms with Crippen molar-refractivity contribution in [1.29, 1.82) is 0 Å². The van der Waals surface area contributed by atoms with Crippen molar-refractivity contribution in [3.05, 3.63) is 180 Å². The molecule has 6 rings (SSSR count). The standard InChI is InChI=1S/C39H34N2/c1-38(2,33-17-8-5-9-18-33)35-21-13-22-37(41-35)39(3,36-20-10-11-27-40-36)34-19-12-16-32(28-34)31-25-23-30(24-26-31)29-14-6-4-7-15-29/h4-28H,1-3H3. The summed E-state index contributed by atoms with van der Waals surface area (Å²) in [5, 5.41) is 0. The molecule has 0 aliphatic heterocycles. The summed E-state index contributed by atoms with van der Waals surface area (Å²) in [7, 11) is 0.